The maximum absolute atomic E-state index is 13.9. The van der Waals surface area contributed by atoms with Crippen LogP contribution in [0.15, 0.2) is 45.0 Å². The number of benzene rings is 2. The lowest BCUT2D eigenvalue weighted by molar-refractivity contribution is 0.0678. The van der Waals surface area contributed by atoms with Crippen molar-refractivity contribution in [3.63, 3.8) is 0 Å². The molecule has 0 unspecified atom stereocenters. The maximum Gasteiger partial charge on any atom is 0.240 e. The number of hydrogen-bond acceptors (Lipinski definition) is 5. The van der Waals surface area contributed by atoms with Crippen molar-refractivity contribution in [3.05, 3.63) is 52.8 Å². The highest BCUT2D eigenvalue weighted by molar-refractivity contribution is 7.92. The molecule has 1 N–H and O–H groups in total. The number of halogens is 1. The average molecular weight is 482 g/mol. The predicted molar refractivity (Wildman–Crippen MR) is 119 cm³/mol. The van der Waals surface area contributed by atoms with E-state index in [1.54, 1.807) is 6.07 Å². The highest BCUT2D eigenvalue weighted by Gasteiger charge is 2.32. The summed E-state index contributed by atoms with van der Waals surface area (Å²) in [7, 11) is -8.02. The van der Waals surface area contributed by atoms with Crippen LogP contribution in [-0.4, -0.2) is 36.6 Å². The predicted octanol–water partition coefficient (Wildman–Crippen LogP) is 3.59. The molecule has 0 aromatic heterocycles. The van der Waals surface area contributed by atoms with Crippen LogP contribution in [0.1, 0.15) is 49.3 Å². The van der Waals surface area contributed by atoms with E-state index in [1.165, 1.54) is 18.2 Å². The lowest BCUT2D eigenvalue weighted by Crippen LogP contribution is -2.33. The minimum absolute atomic E-state index is 0.0262. The fraction of sp³-hybridized carbons (Fsp3) is 0.478. The molecule has 0 bridgehead atoms. The van der Waals surface area contributed by atoms with Gasteiger partial charge in [-0.15, -0.1) is 0 Å². The largest absolute Gasteiger partial charge is 0.381 e. The Labute approximate surface area is 189 Å². The van der Waals surface area contributed by atoms with Gasteiger partial charge in [-0.1, -0.05) is 26.0 Å². The summed E-state index contributed by atoms with van der Waals surface area (Å²) in [5.74, 6) is -0.582. The Kier molecular flexibility index (Phi) is 6.46. The van der Waals surface area contributed by atoms with E-state index >= 15 is 0 Å². The summed E-state index contributed by atoms with van der Waals surface area (Å²) < 4.78 is 75.3. The van der Waals surface area contributed by atoms with Crippen molar-refractivity contribution in [2.75, 3.05) is 19.8 Å². The molecule has 32 heavy (non-hydrogen) atoms. The molecule has 0 spiro atoms. The molecule has 174 valence electrons. The van der Waals surface area contributed by atoms with Crippen molar-refractivity contribution in [2.24, 2.45) is 5.92 Å². The summed E-state index contributed by atoms with van der Waals surface area (Å²) in [5, 5.41) is 0. The molecular weight excluding hydrogens is 453 g/mol. The Balaban J connectivity index is 1.79. The van der Waals surface area contributed by atoms with Gasteiger partial charge in [-0.05, 0) is 72.4 Å². The molecule has 9 heteroatoms. The molecule has 0 atom stereocenters. The third-order valence-electron chi connectivity index (χ3n) is 6.28. The number of aryl methyl sites for hydroxylation is 2. The van der Waals surface area contributed by atoms with E-state index in [4.69, 9.17) is 4.74 Å². The topological polar surface area (TPSA) is 89.5 Å². The van der Waals surface area contributed by atoms with E-state index < -0.39 is 25.7 Å². The van der Waals surface area contributed by atoms with Crippen LogP contribution in [0.25, 0.3) is 0 Å². The van der Waals surface area contributed by atoms with Crippen LogP contribution >= 0.6 is 0 Å². The van der Waals surface area contributed by atoms with Crippen LogP contribution in [0.3, 0.4) is 0 Å². The van der Waals surface area contributed by atoms with Gasteiger partial charge in [-0.25, -0.2) is 25.9 Å². The smallest absolute Gasteiger partial charge is 0.240 e. The molecule has 6 nitrogen and oxygen atoms in total. The van der Waals surface area contributed by atoms with Crippen LogP contribution in [0.4, 0.5) is 4.39 Å². The SMILES string of the molecule is CC(C)c1cc2c(cc1S(=O)(=O)NCC1CCOCC1)S(=O)(=O)c1cc(F)ccc1CC2. The summed E-state index contributed by atoms with van der Waals surface area (Å²) in [6.45, 7) is 5.26. The number of hydrogen-bond donors (Lipinski definition) is 1. The number of ether oxygens (including phenoxy) is 1. The molecule has 0 amide bonds. The van der Waals surface area contributed by atoms with E-state index in [-0.39, 0.29) is 33.1 Å². The zero-order chi connectivity index (χ0) is 23.1. The summed E-state index contributed by atoms with van der Waals surface area (Å²) in [5.41, 5.74) is 1.68. The molecule has 1 fully saturated rings. The fourth-order valence-electron chi connectivity index (χ4n) is 4.38. The van der Waals surface area contributed by atoms with Gasteiger partial charge in [0, 0.05) is 19.8 Å². The minimum atomic E-state index is -4.07. The van der Waals surface area contributed by atoms with Gasteiger partial charge in [-0.3, -0.25) is 0 Å². The molecule has 2 aromatic rings. The van der Waals surface area contributed by atoms with Crippen molar-refractivity contribution in [1.82, 2.24) is 4.72 Å². The quantitative estimate of drug-likeness (QED) is 0.705. The summed E-state index contributed by atoms with van der Waals surface area (Å²) >= 11 is 0. The summed E-state index contributed by atoms with van der Waals surface area (Å²) in [4.78, 5) is -0.175. The Morgan fingerprint density at radius 2 is 1.72 bits per heavy atom. The number of sulfonamides is 1. The summed E-state index contributed by atoms with van der Waals surface area (Å²) in [6, 6.07) is 6.73. The summed E-state index contributed by atoms with van der Waals surface area (Å²) in [6.07, 6.45) is 2.43. The number of fused-ring (bicyclic) bond motifs is 2. The van der Waals surface area contributed by atoms with Crippen molar-refractivity contribution in [1.29, 1.82) is 0 Å². The van der Waals surface area contributed by atoms with Gasteiger partial charge in [0.15, 0.2) is 0 Å². The molecule has 4 rings (SSSR count). The molecule has 0 aliphatic carbocycles. The minimum Gasteiger partial charge on any atom is -0.381 e. The van der Waals surface area contributed by atoms with Crippen LogP contribution in [-0.2, 0) is 37.4 Å². The first-order chi connectivity index (χ1) is 15.1. The standard InChI is InChI=1S/C23H28FNO5S2/c1-15(2)20-11-18-4-3-17-5-6-19(24)12-21(17)31(26,27)22(18)13-23(20)32(28,29)25-14-16-7-9-30-10-8-16/h5-6,11-13,15-16,25H,3-4,7-10,14H2,1-2H3. The van der Waals surface area contributed by atoms with Crippen LogP contribution in [0.2, 0.25) is 0 Å². The lowest BCUT2D eigenvalue weighted by Gasteiger charge is -2.23. The number of rotatable bonds is 5. The second-order valence-electron chi connectivity index (χ2n) is 8.82. The van der Waals surface area contributed by atoms with Crippen LogP contribution in [0.5, 0.6) is 0 Å². The van der Waals surface area contributed by atoms with Gasteiger partial charge >= 0.3 is 0 Å². The van der Waals surface area contributed by atoms with Crippen LogP contribution in [0, 0.1) is 11.7 Å². The first-order valence-electron chi connectivity index (χ1n) is 10.9. The molecule has 2 aliphatic rings. The van der Waals surface area contributed by atoms with E-state index in [9.17, 15) is 21.2 Å². The Morgan fingerprint density at radius 3 is 2.41 bits per heavy atom. The number of nitrogens with one attached hydrogen (secondary N) is 1. The number of sulfone groups is 1. The third-order valence-corrected chi connectivity index (χ3v) is 9.68. The van der Waals surface area contributed by atoms with E-state index in [0.29, 0.717) is 42.7 Å². The highest BCUT2D eigenvalue weighted by atomic mass is 32.2. The second-order valence-corrected chi connectivity index (χ2v) is 12.4. The third kappa shape index (κ3) is 4.48. The Bertz CT molecular complexity index is 1230. The van der Waals surface area contributed by atoms with Crippen LogP contribution < -0.4 is 4.72 Å². The molecule has 2 aliphatic heterocycles. The Morgan fingerprint density at radius 1 is 1.06 bits per heavy atom. The van der Waals surface area contributed by atoms with Gasteiger partial charge in [0.1, 0.15) is 5.82 Å². The normalized spacial score (nSPS) is 18.8. The monoisotopic (exact) mass is 481 g/mol. The van der Waals surface area contributed by atoms with E-state index in [1.807, 2.05) is 13.8 Å². The molecule has 0 saturated carbocycles. The Hall–Kier alpha value is -1.81. The average Bonchev–Trinajstić information content (AvgIpc) is 2.86. The molecule has 0 radical (unpaired) electrons. The molecule has 1 saturated heterocycles. The first-order valence-corrected chi connectivity index (χ1v) is 13.8. The van der Waals surface area contributed by atoms with Gasteiger partial charge in [0.05, 0.1) is 14.7 Å². The van der Waals surface area contributed by atoms with Gasteiger partial charge in [0.25, 0.3) is 0 Å². The molecule has 2 heterocycles. The van der Waals surface area contributed by atoms with Crippen molar-refractivity contribution in [2.45, 2.75) is 60.1 Å². The lowest BCUT2D eigenvalue weighted by atomic mass is 9.97. The molecular formula is C23H28FNO5S2. The second kappa shape index (κ2) is 8.85. The van der Waals surface area contributed by atoms with E-state index in [2.05, 4.69) is 4.72 Å². The highest BCUT2D eigenvalue weighted by Crippen LogP contribution is 2.37. The first kappa shape index (κ1) is 23.4. The zero-order valence-electron chi connectivity index (χ0n) is 18.2. The van der Waals surface area contributed by atoms with Gasteiger partial charge in [0.2, 0.25) is 19.9 Å². The van der Waals surface area contributed by atoms with Crippen molar-refractivity contribution in [3.8, 4) is 0 Å². The zero-order valence-corrected chi connectivity index (χ0v) is 19.9. The van der Waals surface area contributed by atoms with E-state index in [0.717, 1.165) is 18.9 Å². The molecule has 2 aromatic carbocycles. The van der Waals surface area contributed by atoms with Gasteiger partial charge < -0.3 is 4.74 Å². The fourth-order valence-corrected chi connectivity index (χ4v) is 7.75. The maximum atomic E-state index is 13.9. The van der Waals surface area contributed by atoms with Crippen molar-refractivity contribution < 1.29 is 26.0 Å². The van der Waals surface area contributed by atoms with Gasteiger partial charge in [-0.2, -0.15) is 0 Å². The van der Waals surface area contributed by atoms with Crippen molar-refractivity contribution >= 4 is 19.9 Å².